The van der Waals surface area contributed by atoms with Gasteiger partial charge in [0, 0.05) is 10.2 Å². The van der Waals surface area contributed by atoms with Crippen molar-refractivity contribution < 1.29 is 0 Å². The van der Waals surface area contributed by atoms with Gasteiger partial charge in [-0.05, 0) is 48.6 Å². The highest BCUT2D eigenvalue weighted by atomic mass is 28.1. The molecule has 0 amide bonds. The summed E-state index contributed by atoms with van der Waals surface area (Å²) in [7, 11) is 1.24. The van der Waals surface area contributed by atoms with Crippen LogP contribution in [-0.4, -0.2) is 10.2 Å². The lowest BCUT2D eigenvalue weighted by Gasteiger charge is -2.08. The maximum Gasteiger partial charge on any atom is 0.0175 e. The lowest BCUT2D eigenvalue weighted by molar-refractivity contribution is 1.13. The fourth-order valence-electron chi connectivity index (χ4n) is 2.32. The molecule has 0 N–H and O–H groups in total. The van der Waals surface area contributed by atoms with E-state index in [1.807, 2.05) is 0 Å². The Morgan fingerprint density at radius 1 is 1.15 bits per heavy atom. The highest BCUT2D eigenvalue weighted by Crippen LogP contribution is 2.40. The SMILES string of the molecule is CC1=C(C)C([SiH3])c2cccc(C)c21. The molecule has 0 spiro atoms. The minimum Gasteiger partial charge on any atom is -0.0660 e. The Labute approximate surface area is 83.1 Å². The number of benzene rings is 1. The molecule has 1 atom stereocenters. The van der Waals surface area contributed by atoms with Gasteiger partial charge in [-0.2, -0.15) is 0 Å². The molecule has 2 rings (SSSR count). The Morgan fingerprint density at radius 2 is 1.85 bits per heavy atom. The van der Waals surface area contributed by atoms with Crippen molar-refractivity contribution in [3.63, 3.8) is 0 Å². The summed E-state index contributed by atoms with van der Waals surface area (Å²) >= 11 is 0. The number of rotatable bonds is 0. The predicted molar refractivity (Wildman–Crippen MR) is 62.1 cm³/mol. The number of allylic oxidation sites excluding steroid dienone is 2. The van der Waals surface area contributed by atoms with Crippen molar-refractivity contribution in [2.75, 3.05) is 0 Å². The summed E-state index contributed by atoms with van der Waals surface area (Å²) in [6, 6.07) is 6.69. The van der Waals surface area contributed by atoms with Crippen molar-refractivity contribution in [2.24, 2.45) is 0 Å². The molecule has 1 heteroatoms. The number of aryl methyl sites for hydroxylation is 1. The first-order chi connectivity index (χ1) is 6.13. The first kappa shape index (κ1) is 8.76. The quantitative estimate of drug-likeness (QED) is 0.548. The normalized spacial score (nSPS) is 21.0. The molecule has 0 heterocycles. The molecule has 0 aliphatic heterocycles. The first-order valence-electron chi connectivity index (χ1n) is 4.90. The summed E-state index contributed by atoms with van der Waals surface area (Å²) in [4.78, 5) is 0. The van der Waals surface area contributed by atoms with Gasteiger partial charge in [-0.25, -0.2) is 0 Å². The zero-order chi connectivity index (χ0) is 9.59. The summed E-state index contributed by atoms with van der Waals surface area (Å²) in [5, 5.41) is 0. The molecular formula is C12H16Si. The number of hydrogen-bond acceptors (Lipinski definition) is 0. The van der Waals surface area contributed by atoms with Gasteiger partial charge in [0.05, 0.1) is 0 Å². The molecule has 0 radical (unpaired) electrons. The Hall–Kier alpha value is -0.823. The van der Waals surface area contributed by atoms with E-state index in [9.17, 15) is 0 Å². The average molecular weight is 188 g/mol. The van der Waals surface area contributed by atoms with Crippen LogP contribution in [0.25, 0.3) is 5.57 Å². The van der Waals surface area contributed by atoms with Crippen LogP contribution in [0.5, 0.6) is 0 Å². The van der Waals surface area contributed by atoms with Crippen LogP contribution in [0.1, 0.15) is 36.1 Å². The van der Waals surface area contributed by atoms with E-state index in [0.717, 1.165) is 5.54 Å². The molecular weight excluding hydrogens is 172 g/mol. The summed E-state index contributed by atoms with van der Waals surface area (Å²) in [6.07, 6.45) is 0. The third kappa shape index (κ3) is 1.11. The van der Waals surface area contributed by atoms with E-state index < -0.39 is 0 Å². The second-order valence-electron chi connectivity index (χ2n) is 4.07. The molecule has 1 aliphatic rings. The summed E-state index contributed by atoms with van der Waals surface area (Å²) in [5.74, 6) is 0. The predicted octanol–water partition coefficient (Wildman–Crippen LogP) is 2.21. The van der Waals surface area contributed by atoms with Crippen molar-refractivity contribution in [1.29, 1.82) is 0 Å². The van der Waals surface area contributed by atoms with Crippen LogP contribution in [0.2, 0.25) is 0 Å². The topological polar surface area (TPSA) is 0 Å². The van der Waals surface area contributed by atoms with Crippen molar-refractivity contribution in [1.82, 2.24) is 0 Å². The number of fused-ring (bicyclic) bond motifs is 1. The standard InChI is InChI=1S/C12H16Si/c1-7-5-4-6-10-11(7)8(2)9(3)12(10)13/h4-6,12H,1-3,13H3. The molecule has 0 bridgehead atoms. The van der Waals surface area contributed by atoms with Gasteiger partial charge in [-0.15, -0.1) is 0 Å². The zero-order valence-corrected chi connectivity index (χ0v) is 10.8. The molecule has 0 aromatic heterocycles. The Balaban J connectivity index is 2.72. The van der Waals surface area contributed by atoms with Crippen LogP contribution >= 0.6 is 0 Å². The minimum absolute atomic E-state index is 0.759. The van der Waals surface area contributed by atoms with Crippen molar-refractivity contribution in [2.45, 2.75) is 26.3 Å². The third-order valence-electron chi connectivity index (χ3n) is 3.39. The van der Waals surface area contributed by atoms with E-state index in [0.29, 0.717) is 0 Å². The van der Waals surface area contributed by atoms with Crippen LogP contribution in [0, 0.1) is 6.92 Å². The second kappa shape index (κ2) is 2.84. The van der Waals surface area contributed by atoms with Gasteiger partial charge in [0.25, 0.3) is 0 Å². The van der Waals surface area contributed by atoms with Crippen LogP contribution in [0.15, 0.2) is 23.8 Å². The van der Waals surface area contributed by atoms with Gasteiger partial charge < -0.3 is 0 Å². The van der Waals surface area contributed by atoms with E-state index in [2.05, 4.69) is 39.0 Å². The third-order valence-corrected chi connectivity index (χ3v) is 4.88. The fraction of sp³-hybridized carbons (Fsp3) is 0.333. The monoisotopic (exact) mass is 188 g/mol. The molecule has 68 valence electrons. The van der Waals surface area contributed by atoms with E-state index in [4.69, 9.17) is 0 Å². The van der Waals surface area contributed by atoms with Gasteiger partial charge in [0.15, 0.2) is 0 Å². The van der Waals surface area contributed by atoms with Gasteiger partial charge in [-0.3, -0.25) is 0 Å². The molecule has 0 nitrogen and oxygen atoms in total. The number of hydrogen-bond donors (Lipinski definition) is 0. The molecule has 1 aromatic rings. The van der Waals surface area contributed by atoms with Crippen molar-refractivity contribution in [3.8, 4) is 0 Å². The highest BCUT2D eigenvalue weighted by Gasteiger charge is 2.23. The van der Waals surface area contributed by atoms with Crippen molar-refractivity contribution in [3.05, 3.63) is 40.5 Å². The largest absolute Gasteiger partial charge is 0.0660 e. The molecule has 0 saturated carbocycles. The highest BCUT2D eigenvalue weighted by molar-refractivity contribution is 6.17. The van der Waals surface area contributed by atoms with Crippen LogP contribution in [0.4, 0.5) is 0 Å². The first-order valence-corrected chi connectivity index (χ1v) is 6.05. The second-order valence-corrected chi connectivity index (χ2v) is 5.22. The summed E-state index contributed by atoms with van der Waals surface area (Å²) < 4.78 is 0. The lowest BCUT2D eigenvalue weighted by Crippen LogP contribution is -1.95. The van der Waals surface area contributed by atoms with E-state index in [1.165, 1.54) is 26.9 Å². The van der Waals surface area contributed by atoms with Crippen molar-refractivity contribution >= 4 is 15.8 Å². The van der Waals surface area contributed by atoms with Gasteiger partial charge in [-0.1, -0.05) is 23.8 Å². The molecule has 0 saturated heterocycles. The van der Waals surface area contributed by atoms with Crippen LogP contribution < -0.4 is 0 Å². The summed E-state index contributed by atoms with van der Waals surface area (Å²) in [6.45, 7) is 6.76. The van der Waals surface area contributed by atoms with Crippen LogP contribution in [0.3, 0.4) is 0 Å². The van der Waals surface area contributed by atoms with E-state index in [1.54, 1.807) is 11.1 Å². The summed E-state index contributed by atoms with van der Waals surface area (Å²) in [5.41, 5.74) is 8.41. The Morgan fingerprint density at radius 3 is 2.46 bits per heavy atom. The maximum absolute atomic E-state index is 2.29. The van der Waals surface area contributed by atoms with Gasteiger partial charge in [0.2, 0.25) is 0 Å². The molecule has 0 fully saturated rings. The fourth-order valence-corrected chi connectivity index (χ4v) is 3.23. The van der Waals surface area contributed by atoms with E-state index in [-0.39, 0.29) is 0 Å². The molecule has 1 aromatic carbocycles. The van der Waals surface area contributed by atoms with Crippen LogP contribution in [-0.2, 0) is 0 Å². The van der Waals surface area contributed by atoms with E-state index >= 15 is 0 Å². The lowest BCUT2D eigenvalue weighted by atomic mass is 10.0. The Bertz CT molecular complexity index is 388. The molecule has 13 heavy (non-hydrogen) atoms. The zero-order valence-electron chi connectivity index (χ0n) is 8.81. The van der Waals surface area contributed by atoms with Gasteiger partial charge in [0.1, 0.15) is 0 Å². The average Bonchev–Trinajstić information content (AvgIpc) is 2.33. The Kier molecular flexibility index (Phi) is 1.92. The maximum atomic E-state index is 2.29. The molecule has 1 aliphatic carbocycles. The minimum atomic E-state index is 0.759. The smallest absolute Gasteiger partial charge is 0.0175 e. The molecule has 1 unspecified atom stereocenters. The van der Waals surface area contributed by atoms with Gasteiger partial charge >= 0.3 is 0 Å².